The molecule has 0 unspecified atom stereocenters. The number of anilines is 1. The summed E-state index contributed by atoms with van der Waals surface area (Å²) in [5, 5.41) is 4.28. The summed E-state index contributed by atoms with van der Waals surface area (Å²) in [6, 6.07) is 12.9. The molecule has 0 spiro atoms. The standard InChI is InChI=1S/C20H17Cl2N3O5/c21-13-4-3-5-14(9-13)23-17(26)11-30-20(29)12-8-18(27)25(10-12)24-19(28)15-6-1-2-7-16(15)22/h1-7,9,12H,8,10-11H2,(H,23,26)(H,24,28)/t12-/m0/s1. The Morgan fingerprint density at radius 1 is 1.10 bits per heavy atom. The number of hydrazine groups is 1. The van der Waals surface area contributed by atoms with Crippen molar-refractivity contribution in [3.05, 3.63) is 64.1 Å². The lowest BCUT2D eigenvalue weighted by atomic mass is 10.1. The van der Waals surface area contributed by atoms with Crippen molar-refractivity contribution < 1.29 is 23.9 Å². The summed E-state index contributed by atoms with van der Waals surface area (Å²) in [7, 11) is 0. The number of carbonyl (C=O) groups excluding carboxylic acids is 4. The molecule has 2 aromatic rings. The summed E-state index contributed by atoms with van der Waals surface area (Å²) in [4.78, 5) is 48.6. The molecule has 1 aliphatic rings. The van der Waals surface area contributed by atoms with Gasteiger partial charge in [-0.15, -0.1) is 0 Å². The molecule has 1 fully saturated rings. The fourth-order valence-electron chi connectivity index (χ4n) is 2.82. The van der Waals surface area contributed by atoms with Crippen LogP contribution in [0, 0.1) is 5.92 Å². The number of amides is 3. The highest BCUT2D eigenvalue weighted by atomic mass is 35.5. The smallest absolute Gasteiger partial charge is 0.311 e. The lowest BCUT2D eigenvalue weighted by Crippen LogP contribution is -2.43. The molecule has 0 aromatic heterocycles. The Balaban J connectivity index is 1.49. The molecule has 0 saturated carbocycles. The van der Waals surface area contributed by atoms with E-state index in [9.17, 15) is 19.2 Å². The van der Waals surface area contributed by atoms with Crippen LogP contribution in [-0.4, -0.2) is 41.9 Å². The Morgan fingerprint density at radius 2 is 1.87 bits per heavy atom. The number of nitrogens with one attached hydrogen (secondary N) is 2. The second kappa shape index (κ2) is 9.60. The van der Waals surface area contributed by atoms with Gasteiger partial charge in [-0.1, -0.05) is 41.4 Å². The SMILES string of the molecule is O=C(COC(=O)[C@H]1CC(=O)N(NC(=O)c2ccccc2Cl)C1)Nc1cccc(Cl)c1. The lowest BCUT2D eigenvalue weighted by Gasteiger charge is -2.18. The number of hydrogen-bond acceptors (Lipinski definition) is 5. The lowest BCUT2D eigenvalue weighted by molar-refractivity contribution is -0.151. The van der Waals surface area contributed by atoms with Crippen LogP contribution in [0.1, 0.15) is 16.8 Å². The van der Waals surface area contributed by atoms with Crippen LogP contribution in [0.5, 0.6) is 0 Å². The Kier molecular flexibility index (Phi) is 6.91. The van der Waals surface area contributed by atoms with Crippen LogP contribution in [0.2, 0.25) is 10.0 Å². The van der Waals surface area contributed by atoms with Crippen LogP contribution in [0.3, 0.4) is 0 Å². The zero-order valence-corrected chi connectivity index (χ0v) is 17.1. The Morgan fingerprint density at radius 3 is 2.60 bits per heavy atom. The van der Waals surface area contributed by atoms with E-state index in [1.54, 1.807) is 42.5 Å². The molecule has 1 aliphatic heterocycles. The quantitative estimate of drug-likeness (QED) is 0.659. The van der Waals surface area contributed by atoms with Crippen molar-refractivity contribution in [1.82, 2.24) is 10.4 Å². The highest BCUT2D eigenvalue weighted by Gasteiger charge is 2.36. The summed E-state index contributed by atoms with van der Waals surface area (Å²) in [5.41, 5.74) is 3.10. The van der Waals surface area contributed by atoms with E-state index >= 15 is 0 Å². The normalized spacial score (nSPS) is 15.6. The maximum atomic E-state index is 12.3. The van der Waals surface area contributed by atoms with Crippen molar-refractivity contribution in [2.45, 2.75) is 6.42 Å². The topological polar surface area (TPSA) is 105 Å². The minimum absolute atomic E-state index is 0.0657. The minimum Gasteiger partial charge on any atom is -0.455 e. The number of esters is 1. The summed E-state index contributed by atoms with van der Waals surface area (Å²) in [6.45, 7) is -0.578. The van der Waals surface area contributed by atoms with Gasteiger partial charge < -0.3 is 10.1 Å². The van der Waals surface area contributed by atoms with Crippen LogP contribution in [0.4, 0.5) is 5.69 Å². The summed E-state index contributed by atoms with van der Waals surface area (Å²) in [5.74, 6) is -3.06. The first-order valence-corrected chi connectivity index (χ1v) is 9.67. The highest BCUT2D eigenvalue weighted by molar-refractivity contribution is 6.33. The molecule has 1 saturated heterocycles. The molecule has 3 rings (SSSR count). The molecular weight excluding hydrogens is 433 g/mol. The molecule has 0 aliphatic carbocycles. The summed E-state index contributed by atoms with van der Waals surface area (Å²) >= 11 is 11.8. The predicted molar refractivity (Wildman–Crippen MR) is 110 cm³/mol. The molecule has 156 valence electrons. The second-order valence-electron chi connectivity index (χ2n) is 6.49. The number of rotatable bonds is 6. The molecule has 1 atom stereocenters. The average Bonchev–Trinajstić information content (AvgIpc) is 3.07. The fraction of sp³-hybridized carbons (Fsp3) is 0.200. The molecule has 10 heteroatoms. The average molecular weight is 450 g/mol. The van der Waals surface area contributed by atoms with Gasteiger partial charge in [0.25, 0.3) is 11.8 Å². The first kappa shape index (κ1) is 21.6. The minimum atomic E-state index is -0.803. The van der Waals surface area contributed by atoms with E-state index in [4.69, 9.17) is 27.9 Å². The number of carbonyl (C=O) groups is 4. The third-order valence-electron chi connectivity index (χ3n) is 4.27. The van der Waals surface area contributed by atoms with E-state index in [1.807, 2.05) is 0 Å². The number of nitrogens with zero attached hydrogens (tertiary/aromatic N) is 1. The molecule has 2 N–H and O–H groups in total. The Hall–Kier alpha value is -3.10. The largest absolute Gasteiger partial charge is 0.455 e. The van der Waals surface area contributed by atoms with Gasteiger partial charge in [0, 0.05) is 17.1 Å². The number of halogens is 2. The molecule has 0 radical (unpaired) electrons. The van der Waals surface area contributed by atoms with Gasteiger partial charge in [-0.25, -0.2) is 0 Å². The Bertz CT molecular complexity index is 998. The van der Waals surface area contributed by atoms with E-state index in [2.05, 4.69) is 10.7 Å². The fourth-order valence-corrected chi connectivity index (χ4v) is 3.23. The van der Waals surface area contributed by atoms with Crippen LogP contribution in [0.15, 0.2) is 48.5 Å². The maximum Gasteiger partial charge on any atom is 0.311 e. The van der Waals surface area contributed by atoms with E-state index in [1.165, 1.54) is 6.07 Å². The van der Waals surface area contributed by atoms with Gasteiger partial charge >= 0.3 is 5.97 Å². The van der Waals surface area contributed by atoms with Crippen LogP contribution in [0.25, 0.3) is 0 Å². The van der Waals surface area contributed by atoms with Crippen molar-refractivity contribution in [2.24, 2.45) is 5.92 Å². The predicted octanol–water partition coefficient (Wildman–Crippen LogP) is 2.67. The first-order chi connectivity index (χ1) is 14.3. The number of ether oxygens (including phenoxy) is 1. The second-order valence-corrected chi connectivity index (χ2v) is 7.34. The van der Waals surface area contributed by atoms with Gasteiger partial charge in [-0.2, -0.15) is 0 Å². The molecule has 0 bridgehead atoms. The molecule has 30 heavy (non-hydrogen) atoms. The number of benzene rings is 2. The van der Waals surface area contributed by atoms with Gasteiger partial charge in [-0.3, -0.25) is 29.6 Å². The van der Waals surface area contributed by atoms with Crippen LogP contribution >= 0.6 is 23.2 Å². The van der Waals surface area contributed by atoms with Gasteiger partial charge in [0.15, 0.2) is 6.61 Å². The molecule has 3 amide bonds. The van der Waals surface area contributed by atoms with E-state index in [-0.39, 0.29) is 23.6 Å². The van der Waals surface area contributed by atoms with Gasteiger partial charge in [-0.05, 0) is 30.3 Å². The van der Waals surface area contributed by atoms with Gasteiger partial charge in [0.2, 0.25) is 5.91 Å². The maximum absolute atomic E-state index is 12.3. The van der Waals surface area contributed by atoms with Crippen molar-refractivity contribution in [1.29, 1.82) is 0 Å². The molecular formula is C20H17Cl2N3O5. The summed E-state index contributed by atoms with van der Waals surface area (Å²) in [6.07, 6.45) is -0.141. The van der Waals surface area contributed by atoms with Crippen molar-refractivity contribution in [3.8, 4) is 0 Å². The van der Waals surface area contributed by atoms with Crippen molar-refractivity contribution in [3.63, 3.8) is 0 Å². The van der Waals surface area contributed by atoms with Gasteiger partial charge in [0.1, 0.15) is 0 Å². The third-order valence-corrected chi connectivity index (χ3v) is 4.83. The Labute approximate surface area is 182 Å². The van der Waals surface area contributed by atoms with E-state index < -0.39 is 36.2 Å². The van der Waals surface area contributed by atoms with Crippen molar-refractivity contribution in [2.75, 3.05) is 18.5 Å². The third kappa shape index (κ3) is 5.49. The zero-order valence-electron chi connectivity index (χ0n) is 15.6. The number of hydrogen-bond donors (Lipinski definition) is 2. The van der Waals surface area contributed by atoms with Gasteiger partial charge in [0.05, 0.1) is 23.0 Å². The highest BCUT2D eigenvalue weighted by Crippen LogP contribution is 2.20. The van der Waals surface area contributed by atoms with Crippen molar-refractivity contribution >= 4 is 52.6 Å². The monoisotopic (exact) mass is 449 g/mol. The molecule has 8 nitrogen and oxygen atoms in total. The molecule has 2 aromatic carbocycles. The summed E-state index contributed by atoms with van der Waals surface area (Å²) < 4.78 is 5.00. The molecule has 1 heterocycles. The van der Waals surface area contributed by atoms with Crippen LogP contribution < -0.4 is 10.7 Å². The zero-order chi connectivity index (χ0) is 21.7. The van der Waals surface area contributed by atoms with Crippen LogP contribution in [-0.2, 0) is 19.1 Å². The van der Waals surface area contributed by atoms with E-state index in [0.717, 1.165) is 5.01 Å². The first-order valence-electron chi connectivity index (χ1n) is 8.91. The van der Waals surface area contributed by atoms with E-state index in [0.29, 0.717) is 10.7 Å².